The summed E-state index contributed by atoms with van der Waals surface area (Å²) in [6.07, 6.45) is 20.8. The van der Waals surface area contributed by atoms with Gasteiger partial charge in [0.05, 0.1) is 6.08 Å². The summed E-state index contributed by atoms with van der Waals surface area (Å²) in [4.78, 5) is 2.62. The van der Waals surface area contributed by atoms with Crippen molar-refractivity contribution in [2.24, 2.45) is 11.8 Å². The van der Waals surface area contributed by atoms with Crippen molar-refractivity contribution in [3.63, 3.8) is 0 Å². The first-order chi connectivity index (χ1) is 16.6. The Morgan fingerprint density at radius 2 is 1.62 bits per heavy atom. The molecule has 3 nitrogen and oxygen atoms in total. The van der Waals surface area contributed by atoms with Crippen molar-refractivity contribution in [1.29, 1.82) is 0 Å². The van der Waals surface area contributed by atoms with Gasteiger partial charge in [-0.25, -0.2) is 0 Å². The van der Waals surface area contributed by atoms with E-state index in [4.69, 9.17) is 4.74 Å². The molecule has 0 bridgehead atoms. The van der Waals surface area contributed by atoms with Crippen molar-refractivity contribution < 1.29 is 9.31 Å². The Hall–Kier alpha value is -1.77. The molecule has 2 fully saturated rings. The smallest absolute Gasteiger partial charge is 0.364 e. The molecule has 0 spiro atoms. The molecule has 186 valence electrons. The largest absolute Gasteiger partial charge is 0.438 e. The Kier molecular flexibility index (Phi) is 7.66. The maximum absolute atomic E-state index is 6.22. The van der Waals surface area contributed by atoms with E-state index in [1.165, 1.54) is 100 Å². The van der Waals surface area contributed by atoms with E-state index in [0.29, 0.717) is 0 Å². The van der Waals surface area contributed by atoms with Gasteiger partial charge in [0, 0.05) is 29.8 Å². The number of anilines is 1. The Morgan fingerprint density at radius 1 is 0.941 bits per heavy atom. The topological polar surface area (TPSA) is 15.5 Å². The highest BCUT2D eigenvalue weighted by Crippen LogP contribution is 2.48. The van der Waals surface area contributed by atoms with E-state index in [1.54, 1.807) is 0 Å². The Labute approximate surface area is 208 Å². The lowest BCUT2D eigenvalue weighted by molar-refractivity contribution is -0.518. The molecule has 2 aliphatic heterocycles. The molecule has 4 aliphatic rings. The lowest BCUT2D eigenvalue weighted by Crippen LogP contribution is -2.29. The number of unbranched alkanes of at least 4 members (excludes halogenated alkanes) is 1. The van der Waals surface area contributed by atoms with Crippen LogP contribution in [0.1, 0.15) is 103 Å². The van der Waals surface area contributed by atoms with Crippen LogP contribution in [-0.4, -0.2) is 36.7 Å². The molecule has 2 heterocycles. The van der Waals surface area contributed by atoms with Crippen LogP contribution in [0.25, 0.3) is 0 Å². The van der Waals surface area contributed by atoms with Crippen LogP contribution in [0.4, 0.5) is 5.69 Å². The third-order valence-electron chi connectivity index (χ3n) is 9.22. The molecule has 0 atom stereocenters. The Morgan fingerprint density at radius 3 is 2.35 bits per heavy atom. The molecule has 34 heavy (non-hydrogen) atoms. The summed E-state index contributed by atoms with van der Waals surface area (Å²) < 4.78 is 8.74. The first-order valence-electron chi connectivity index (χ1n) is 14.5. The summed E-state index contributed by atoms with van der Waals surface area (Å²) in [6, 6.07) is 9.07. The third kappa shape index (κ3) is 5.24. The fourth-order valence-corrected chi connectivity index (χ4v) is 7.15. The molecule has 3 heteroatoms. The SMILES string of the molecule is CC1(C)/C(=C\C2=[N+](CCCCC3CCCC3)CCO2)N(CCCC2CCCC2)c2ccccc21. The quantitative estimate of drug-likeness (QED) is 0.265. The van der Waals surface area contributed by atoms with Gasteiger partial charge in [-0.2, -0.15) is 4.58 Å². The van der Waals surface area contributed by atoms with Crippen LogP contribution < -0.4 is 4.90 Å². The summed E-state index contributed by atoms with van der Waals surface area (Å²) in [5.41, 5.74) is 4.31. The first kappa shape index (κ1) is 23.9. The minimum absolute atomic E-state index is 0.0110. The van der Waals surface area contributed by atoms with Crippen LogP contribution in [0.5, 0.6) is 0 Å². The zero-order chi connectivity index (χ0) is 23.4. The maximum atomic E-state index is 6.22. The molecule has 0 radical (unpaired) electrons. The molecule has 2 aliphatic carbocycles. The van der Waals surface area contributed by atoms with E-state index in [2.05, 4.69) is 53.7 Å². The highest BCUT2D eigenvalue weighted by atomic mass is 16.5. The van der Waals surface area contributed by atoms with Gasteiger partial charge in [-0.3, -0.25) is 0 Å². The lowest BCUT2D eigenvalue weighted by Gasteiger charge is -2.27. The lowest BCUT2D eigenvalue weighted by atomic mass is 9.83. The maximum Gasteiger partial charge on any atom is 0.364 e. The number of rotatable bonds is 10. The number of ether oxygens (including phenoxy) is 1. The standard InChI is InChI=1S/C31H47N2O/c1-31(2)27-18-7-8-19-28(27)33(21-11-17-26-14-5-6-15-26)29(31)24-30-32(22-23-34-30)20-10-9-16-25-12-3-4-13-25/h7-8,18-19,24-26H,3-6,9-17,20-23H2,1-2H3/q+1. The van der Waals surface area contributed by atoms with E-state index < -0.39 is 0 Å². The van der Waals surface area contributed by atoms with Crippen molar-refractivity contribution in [3.05, 3.63) is 41.6 Å². The number of allylic oxidation sites excluding steroid dienone is 1. The van der Waals surface area contributed by atoms with E-state index in [1.807, 2.05) is 0 Å². The van der Waals surface area contributed by atoms with Gasteiger partial charge in [-0.1, -0.05) is 89.8 Å². The molecule has 0 unspecified atom stereocenters. The fraction of sp³-hybridized carbons (Fsp3) is 0.710. The second-order valence-corrected chi connectivity index (χ2v) is 11.9. The average molecular weight is 464 g/mol. The van der Waals surface area contributed by atoms with E-state index >= 15 is 0 Å². The van der Waals surface area contributed by atoms with Gasteiger partial charge in [0.1, 0.15) is 6.54 Å². The van der Waals surface area contributed by atoms with Gasteiger partial charge >= 0.3 is 5.90 Å². The molecule has 5 rings (SSSR count). The van der Waals surface area contributed by atoms with Gasteiger partial charge in [-0.05, 0) is 42.7 Å². The Bertz CT molecular complexity index is 886. The monoisotopic (exact) mass is 463 g/mol. The van der Waals surface area contributed by atoms with E-state index in [0.717, 1.165) is 44.0 Å². The van der Waals surface area contributed by atoms with Gasteiger partial charge in [0.15, 0.2) is 13.2 Å². The number of nitrogens with zero attached hydrogens (tertiary/aromatic N) is 2. The van der Waals surface area contributed by atoms with Crippen molar-refractivity contribution in [3.8, 4) is 0 Å². The molecule has 0 aromatic heterocycles. The number of benzene rings is 1. The van der Waals surface area contributed by atoms with Gasteiger partial charge < -0.3 is 9.64 Å². The molecular weight excluding hydrogens is 416 g/mol. The highest BCUT2D eigenvalue weighted by molar-refractivity contribution is 5.87. The van der Waals surface area contributed by atoms with Crippen LogP contribution in [0.15, 0.2) is 36.0 Å². The van der Waals surface area contributed by atoms with Crippen molar-refractivity contribution in [2.75, 3.05) is 31.1 Å². The predicted molar refractivity (Wildman–Crippen MR) is 143 cm³/mol. The molecule has 2 saturated carbocycles. The van der Waals surface area contributed by atoms with Gasteiger partial charge in [0.2, 0.25) is 0 Å². The number of para-hydroxylation sites is 1. The fourth-order valence-electron chi connectivity index (χ4n) is 7.15. The first-order valence-corrected chi connectivity index (χ1v) is 14.5. The van der Waals surface area contributed by atoms with Crippen LogP contribution in [0.2, 0.25) is 0 Å². The summed E-state index contributed by atoms with van der Waals surface area (Å²) in [7, 11) is 0. The molecule has 1 aromatic rings. The van der Waals surface area contributed by atoms with Crippen LogP contribution in [-0.2, 0) is 10.2 Å². The molecule has 0 amide bonds. The molecular formula is C31H47N2O+. The average Bonchev–Trinajstić information content (AvgIpc) is 3.64. The summed E-state index contributed by atoms with van der Waals surface area (Å²) in [5.74, 6) is 3.08. The van der Waals surface area contributed by atoms with Gasteiger partial charge in [-0.15, -0.1) is 0 Å². The van der Waals surface area contributed by atoms with Crippen molar-refractivity contribution in [1.82, 2.24) is 0 Å². The highest BCUT2D eigenvalue weighted by Gasteiger charge is 2.41. The van der Waals surface area contributed by atoms with Gasteiger partial charge in [0.25, 0.3) is 0 Å². The van der Waals surface area contributed by atoms with E-state index in [9.17, 15) is 0 Å². The Balaban J connectivity index is 1.29. The molecule has 0 N–H and O–H groups in total. The number of hydrogen-bond acceptors (Lipinski definition) is 2. The predicted octanol–water partition coefficient (Wildman–Crippen LogP) is 7.44. The zero-order valence-corrected chi connectivity index (χ0v) is 21.9. The summed E-state index contributed by atoms with van der Waals surface area (Å²) >= 11 is 0. The summed E-state index contributed by atoms with van der Waals surface area (Å²) in [6.45, 7) is 8.93. The number of hydrogen-bond donors (Lipinski definition) is 0. The van der Waals surface area contributed by atoms with Crippen molar-refractivity contribution in [2.45, 2.75) is 103 Å². The normalized spacial score (nSPS) is 23.9. The van der Waals surface area contributed by atoms with Crippen LogP contribution >= 0.6 is 0 Å². The minimum atomic E-state index is 0.0110. The molecule has 1 aromatic carbocycles. The summed E-state index contributed by atoms with van der Waals surface area (Å²) in [5, 5.41) is 0. The van der Waals surface area contributed by atoms with Crippen LogP contribution in [0.3, 0.4) is 0 Å². The molecule has 0 saturated heterocycles. The minimum Gasteiger partial charge on any atom is -0.438 e. The number of fused-ring (bicyclic) bond motifs is 1. The second kappa shape index (κ2) is 10.9. The van der Waals surface area contributed by atoms with E-state index in [-0.39, 0.29) is 5.41 Å². The van der Waals surface area contributed by atoms with Crippen LogP contribution in [0, 0.1) is 11.8 Å². The zero-order valence-electron chi connectivity index (χ0n) is 21.9. The third-order valence-corrected chi connectivity index (χ3v) is 9.22. The second-order valence-electron chi connectivity index (χ2n) is 11.9. The van der Waals surface area contributed by atoms with Crippen molar-refractivity contribution >= 4 is 11.6 Å².